The summed E-state index contributed by atoms with van der Waals surface area (Å²) in [6.45, 7) is 2.56. The van der Waals surface area contributed by atoms with Gasteiger partial charge >= 0.3 is 0 Å². The molecule has 5 heteroatoms. The van der Waals surface area contributed by atoms with Gasteiger partial charge in [0, 0.05) is 5.56 Å². The molecule has 0 radical (unpaired) electrons. The second-order valence-corrected chi connectivity index (χ2v) is 4.53. The highest BCUT2D eigenvalue weighted by atomic mass is 16.5. The predicted molar refractivity (Wildman–Crippen MR) is 78.1 cm³/mol. The molecule has 2 aromatic rings. The SMILES string of the molecule is CCOc1cc(C=O)ccc1OCc1ccc(C(=O)[O-])cc1. The molecule has 0 heterocycles. The Hall–Kier alpha value is -2.82. The van der Waals surface area contributed by atoms with Crippen LogP contribution in [0.5, 0.6) is 11.5 Å². The molecule has 0 aliphatic carbocycles. The van der Waals surface area contributed by atoms with Crippen molar-refractivity contribution >= 4 is 12.3 Å². The summed E-state index contributed by atoms with van der Waals surface area (Å²) in [5, 5.41) is 10.7. The van der Waals surface area contributed by atoms with Gasteiger partial charge in [0.15, 0.2) is 11.5 Å². The van der Waals surface area contributed by atoms with Crippen LogP contribution >= 0.6 is 0 Å². The molecule has 0 aliphatic heterocycles. The fraction of sp³-hybridized carbons (Fsp3) is 0.176. The van der Waals surface area contributed by atoms with Crippen molar-refractivity contribution in [2.24, 2.45) is 0 Å². The lowest BCUT2D eigenvalue weighted by Gasteiger charge is -2.12. The van der Waals surface area contributed by atoms with Crippen molar-refractivity contribution in [1.82, 2.24) is 0 Å². The summed E-state index contributed by atoms with van der Waals surface area (Å²) in [6.07, 6.45) is 0.741. The van der Waals surface area contributed by atoms with Crippen molar-refractivity contribution in [2.45, 2.75) is 13.5 Å². The highest BCUT2D eigenvalue weighted by Crippen LogP contribution is 2.28. The summed E-state index contributed by atoms with van der Waals surface area (Å²) in [5.41, 5.74) is 1.44. The van der Waals surface area contributed by atoms with Crippen LogP contribution in [0.2, 0.25) is 0 Å². The van der Waals surface area contributed by atoms with E-state index in [1.165, 1.54) is 12.1 Å². The minimum Gasteiger partial charge on any atom is -0.545 e. The standard InChI is InChI=1S/C17H16O5/c1-2-21-16-9-13(10-18)5-8-15(16)22-11-12-3-6-14(7-4-12)17(19)20/h3-10H,2,11H2,1H3,(H,19,20)/p-1. The number of carbonyl (C=O) groups is 2. The first-order valence-electron chi connectivity index (χ1n) is 6.79. The van der Waals surface area contributed by atoms with Crippen LogP contribution in [0.25, 0.3) is 0 Å². The van der Waals surface area contributed by atoms with Gasteiger partial charge in [0.1, 0.15) is 12.9 Å². The smallest absolute Gasteiger partial charge is 0.161 e. The lowest BCUT2D eigenvalue weighted by Crippen LogP contribution is -2.22. The zero-order valence-electron chi connectivity index (χ0n) is 12.1. The van der Waals surface area contributed by atoms with E-state index in [1.807, 2.05) is 6.92 Å². The largest absolute Gasteiger partial charge is 0.545 e. The van der Waals surface area contributed by atoms with E-state index in [4.69, 9.17) is 9.47 Å². The molecule has 5 nitrogen and oxygen atoms in total. The molecule has 2 rings (SSSR count). The number of aromatic carboxylic acids is 1. The van der Waals surface area contributed by atoms with Crippen molar-refractivity contribution < 1.29 is 24.2 Å². The number of carboxylic acid groups (broad SMARTS) is 1. The summed E-state index contributed by atoms with van der Waals surface area (Å²) < 4.78 is 11.1. The maximum atomic E-state index is 10.8. The zero-order chi connectivity index (χ0) is 15.9. The van der Waals surface area contributed by atoms with Gasteiger partial charge in [-0.1, -0.05) is 24.3 Å². The first kappa shape index (κ1) is 15.6. The van der Waals surface area contributed by atoms with Crippen LogP contribution in [0.1, 0.15) is 33.2 Å². The Morgan fingerprint density at radius 1 is 1.09 bits per heavy atom. The molecule has 0 saturated carbocycles. The van der Waals surface area contributed by atoms with E-state index in [0.29, 0.717) is 23.7 Å². The van der Waals surface area contributed by atoms with Crippen LogP contribution < -0.4 is 14.6 Å². The van der Waals surface area contributed by atoms with Crippen LogP contribution in [0.3, 0.4) is 0 Å². The van der Waals surface area contributed by atoms with Gasteiger partial charge in [0.05, 0.1) is 12.6 Å². The second kappa shape index (κ2) is 7.26. The number of rotatable bonds is 7. The van der Waals surface area contributed by atoms with Crippen molar-refractivity contribution in [3.8, 4) is 11.5 Å². The normalized spacial score (nSPS) is 10.0. The van der Waals surface area contributed by atoms with Gasteiger partial charge in [-0.15, -0.1) is 0 Å². The van der Waals surface area contributed by atoms with E-state index in [1.54, 1.807) is 30.3 Å². The van der Waals surface area contributed by atoms with Crippen molar-refractivity contribution in [3.05, 3.63) is 59.2 Å². The van der Waals surface area contributed by atoms with E-state index >= 15 is 0 Å². The third-order valence-electron chi connectivity index (χ3n) is 2.99. The molecule has 0 aliphatic rings. The molecule has 114 valence electrons. The second-order valence-electron chi connectivity index (χ2n) is 4.53. The van der Waals surface area contributed by atoms with Gasteiger partial charge in [-0.05, 0) is 36.2 Å². The summed E-state index contributed by atoms with van der Waals surface area (Å²) in [7, 11) is 0. The third kappa shape index (κ3) is 3.85. The fourth-order valence-electron chi connectivity index (χ4n) is 1.88. The van der Waals surface area contributed by atoms with Gasteiger partial charge < -0.3 is 19.4 Å². The van der Waals surface area contributed by atoms with Gasteiger partial charge in [0.25, 0.3) is 0 Å². The minimum atomic E-state index is -1.21. The van der Waals surface area contributed by atoms with Crippen LogP contribution in [0.15, 0.2) is 42.5 Å². The van der Waals surface area contributed by atoms with Crippen LogP contribution in [-0.4, -0.2) is 18.9 Å². The number of carbonyl (C=O) groups excluding carboxylic acids is 2. The monoisotopic (exact) mass is 299 g/mol. The molecule has 0 fully saturated rings. The van der Waals surface area contributed by atoms with Gasteiger partial charge in [-0.25, -0.2) is 0 Å². The molecule has 0 saturated heterocycles. The lowest BCUT2D eigenvalue weighted by atomic mass is 10.1. The minimum absolute atomic E-state index is 0.120. The maximum Gasteiger partial charge on any atom is 0.161 e. The van der Waals surface area contributed by atoms with Crippen LogP contribution in [0, 0.1) is 0 Å². The van der Waals surface area contributed by atoms with Gasteiger partial charge in [-0.3, -0.25) is 4.79 Å². The number of hydrogen-bond donors (Lipinski definition) is 0. The molecule has 2 aromatic carbocycles. The Labute approximate surface area is 128 Å². The summed E-state index contributed by atoms with van der Waals surface area (Å²) in [6, 6.07) is 11.2. The van der Waals surface area contributed by atoms with Crippen molar-refractivity contribution in [3.63, 3.8) is 0 Å². The number of ether oxygens (including phenoxy) is 2. The molecular formula is C17H15O5-. The molecule has 0 aromatic heterocycles. The number of hydrogen-bond acceptors (Lipinski definition) is 5. The Morgan fingerprint density at radius 2 is 1.82 bits per heavy atom. The van der Waals surface area contributed by atoms with Gasteiger partial charge in [-0.2, -0.15) is 0 Å². The van der Waals surface area contributed by atoms with Gasteiger partial charge in [0.2, 0.25) is 0 Å². The molecule has 0 bridgehead atoms. The van der Waals surface area contributed by atoms with Crippen molar-refractivity contribution in [1.29, 1.82) is 0 Å². The lowest BCUT2D eigenvalue weighted by molar-refractivity contribution is -0.255. The first-order chi connectivity index (χ1) is 10.6. The Morgan fingerprint density at radius 3 is 2.41 bits per heavy atom. The highest BCUT2D eigenvalue weighted by Gasteiger charge is 2.07. The van der Waals surface area contributed by atoms with Crippen LogP contribution in [0.4, 0.5) is 0 Å². The highest BCUT2D eigenvalue weighted by molar-refractivity contribution is 5.85. The quantitative estimate of drug-likeness (QED) is 0.729. The van der Waals surface area contributed by atoms with E-state index in [-0.39, 0.29) is 12.2 Å². The number of aldehydes is 1. The molecule has 0 unspecified atom stereocenters. The number of benzene rings is 2. The van der Waals surface area contributed by atoms with E-state index in [9.17, 15) is 14.7 Å². The summed E-state index contributed by atoms with van der Waals surface area (Å²) in [5.74, 6) is -0.189. The first-order valence-corrected chi connectivity index (χ1v) is 6.79. The Balaban J connectivity index is 2.10. The average molecular weight is 299 g/mol. The topological polar surface area (TPSA) is 75.7 Å². The summed E-state index contributed by atoms with van der Waals surface area (Å²) >= 11 is 0. The molecule has 0 amide bonds. The van der Waals surface area contributed by atoms with E-state index in [0.717, 1.165) is 11.8 Å². The predicted octanol–water partition coefficient (Wildman–Crippen LogP) is 1.84. The average Bonchev–Trinajstić information content (AvgIpc) is 2.54. The fourth-order valence-corrected chi connectivity index (χ4v) is 1.88. The number of carboxylic acids is 1. The Bertz CT molecular complexity index is 661. The van der Waals surface area contributed by atoms with Crippen LogP contribution in [-0.2, 0) is 6.61 Å². The molecule has 0 atom stereocenters. The molecule has 22 heavy (non-hydrogen) atoms. The zero-order valence-corrected chi connectivity index (χ0v) is 12.1. The third-order valence-corrected chi connectivity index (χ3v) is 2.99. The maximum absolute atomic E-state index is 10.8. The molecule has 0 N–H and O–H groups in total. The van der Waals surface area contributed by atoms with E-state index < -0.39 is 5.97 Å². The van der Waals surface area contributed by atoms with E-state index in [2.05, 4.69) is 0 Å². The summed E-state index contributed by atoms with van der Waals surface area (Å²) in [4.78, 5) is 21.5. The Kier molecular flexibility index (Phi) is 5.14. The molecule has 0 spiro atoms. The van der Waals surface area contributed by atoms with Crippen molar-refractivity contribution in [2.75, 3.05) is 6.61 Å². The molecular weight excluding hydrogens is 284 g/mol.